The Bertz CT molecular complexity index is 941. The van der Waals surface area contributed by atoms with E-state index in [2.05, 4.69) is 86.6 Å². The lowest BCUT2D eigenvalue weighted by Crippen LogP contribution is -2.41. The van der Waals surface area contributed by atoms with Gasteiger partial charge in [0, 0.05) is 31.6 Å². The molecular weight excluding hydrogens is 484 g/mol. The molecule has 0 heterocycles. The second-order valence-electron chi connectivity index (χ2n) is 8.82. The Labute approximate surface area is 216 Å². The fourth-order valence-electron chi connectivity index (χ4n) is 2.65. The zero-order valence-electron chi connectivity index (χ0n) is 21.5. The van der Waals surface area contributed by atoms with E-state index >= 15 is 0 Å². The Morgan fingerprint density at radius 2 is 1.27 bits per heavy atom. The van der Waals surface area contributed by atoms with E-state index in [-0.39, 0.29) is 5.54 Å². The molecule has 0 saturated carbocycles. The van der Waals surface area contributed by atoms with E-state index in [1.807, 2.05) is 6.07 Å². The third kappa shape index (κ3) is 18.0. The first-order valence-corrected chi connectivity index (χ1v) is 11.3. The lowest BCUT2D eigenvalue weighted by atomic mass is 10.0. The number of rotatable bonds is 9. The Kier molecular flexibility index (Phi) is 15.6. The molecule has 0 aliphatic carbocycles. The Hall–Kier alpha value is -3.96. The molecule has 0 aromatic heterocycles. The van der Waals surface area contributed by atoms with E-state index < -0.39 is 23.9 Å². The summed E-state index contributed by atoms with van der Waals surface area (Å²) in [5.41, 5.74) is 2.72. The highest BCUT2D eigenvalue weighted by molar-refractivity contribution is 6.27. The normalized spacial score (nSPS) is 10.3. The number of likely N-dealkylation sites (N-methyl/N-ethyl adjacent to an activating group) is 1. The third-order valence-corrected chi connectivity index (χ3v) is 4.46. The highest BCUT2D eigenvalue weighted by Crippen LogP contribution is 2.21. The standard InChI is InChI=1S/C22H32N2O.2C2H2O4/c1-22(2,3)23-14-15-24(4)16-17-25-21-13-9-8-12-20(21)18-19-10-6-5-7-11-19;2*3-1(4)2(5)6/h5-13,23H,14-18H2,1-4H3;2*(H,3,4)(H,5,6). The van der Waals surface area contributed by atoms with Gasteiger partial charge in [-0.3, -0.25) is 0 Å². The maximum Gasteiger partial charge on any atom is 0.414 e. The maximum absolute atomic E-state index is 9.10. The molecule has 0 aliphatic heterocycles. The van der Waals surface area contributed by atoms with Gasteiger partial charge in [0.15, 0.2) is 0 Å². The van der Waals surface area contributed by atoms with Crippen molar-refractivity contribution >= 4 is 23.9 Å². The van der Waals surface area contributed by atoms with Crippen LogP contribution >= 0.6 is 0 Å². The molecule has 5 N–H and O–H groups in total. The van der Waals surface area contributed by atoms with Crippen LogP contribution < -0.4 is 10.1 Å². The Balaban J connectivity index is 0.000000896. The summed E-state index contributed by atoms with van der Waals surface area (Å²) >= 11 is 0. The van der Waals surface area contributed by atoms with Crippen LogP contribution in [0.15, 0.2) is 54.6 Å². The van der Waals surface area contributed by atoms with Gasteiger partial charge in [0.2, 0.25) is 0 Å². The fourth-order valence-corrected chi connectivity index (χ4v) is 2.65. The molecule has 2 rings (SSSR count). The predicted molar refractivity (Wildman–Crippen MR) is 137 cm³/mol. The average Bonchev–Trinajstić information content (AvgIpc) is 2.81. The quantitative estimate of drug-likeness (QED) is 0.307. The van der Waals surface area contributed by atoms with E-state index in [0.717, 1.165) is 31.8 Å². The number of nitrogens with zero attached hydrogens (tertiary/aromatic N) is 1. The first kappa shape index (κ1) is 33.0. The van der Waals surface area contributed by atoms with E-state index in [0.29, 0.717) is 6.61 Å². The van der Waals surface area contributed by atoms with Gasteiger partial charge in [0.1, 0.15) is 12.4 Å². The van der Waals surface area contributed by atoms with Crippen LogP contribution in [0.4, 0.5) is 0 Å². The lowest BCUT2D eigenvalue weighted by molar-refractivity contribution is -0.159. The van der Waals surface area contributed by atoms with Gasteiger partial charge in [-0.25, -0.2) is 19.2 Å². The molecule has 11 nitrogen and oxygen atoms in total. The number of ether oxygens (including phenoxy) is 1. The summed E-state index contributed by atoms with van der Waals surface area (Å²) in [5, 5.41) is 33.1. The van der Waals surface area contributed by atoms with E-state index in [1.54, 1.807) is 0 Å². The van der Waals surface area contributed by atoms with Crippen molar-refractivity contribution in [2.75, 3.05) is 33.3 Å². The molecule has 2 aromatic carbocycles. The Morgan fingerprint density at radius 1 is 0.784 bits per heavy atom. The SMILES string of the molecule is CN(CCNC(C)(C)C)CCOc1ccccc1Cc1ccccc1.O=C(O)C(=O)O.O=C(O)C(=O)O. The zero-order valence-corrected chi connectivity index (χ0v) is 21.5. The van der Waals surface area contributed by atoms with Crippen LogP contribution in [0.1, 0.15) is 31.9 Å². The minimum atomic E-state index is -1.82. The number of hydrogen-bond acceptors (Lipinski definition) is 7. The molecule has 0 unspecified atom stereocenters. The van der Waals surface area contributed by atoms with Crippen molar-refractivity contribution in [1.82, 2.24) is 10.2 Å². The van der Waals surface area contributed by atoms with Gasteiger partial charge in [0.05, 0.1) is 0 Å². The van der Waals surface area contributed by atoms with Crippen molar-refractivity contribution in [2.45, 2.75) is 32.7 Å². The number of carbonyl (C=O) groups is 4. The highest BCUT2D eigenvalue weighted by Gasteiger charge is 2.09. The largest absolute Gasteiger partial charge is 0.492 e. The molecule has 0 radical (unpaired) electrons. The van der Waals surface area contributed by atoms with Crippen LogP contribution in [0.2, 0.25) is 0 Å². The number of para-hydroxylation sites is 1. The van der Waals surface area contributed by atoms with Gasteiger partial charge in [-0.1, -0.05) is 48.5 Å². The summed E-state index contributed by atoms with van der Waals surface area (Å²) < 4.78 is 6.07. The van der Waals surface area contributed by atoms with E-state index in [9.17, 15) is 0 Å². The predicted octanol–water partition coefficient (Wildman–Crippen LogP) is 2.29. The molecule has 0 fully saturated rings. The van der Waals surface area contributed by atoms with Gasteiger partial charge >= 0.3 is 23.9 Å². The summed E-state index contributed by atoms with van der Waals surface area (Å²) in [4.78, 5) is 38.7. The summed E-state index contributed by atoms with van der Waals surface area (Å²) in [5.74, 6) is -6.30. The Morgan fingerprint density at radius 3 is 1.76 bits per heavy atom. The monoisotopic (exact) mass is 520 g/mol. The van der Waals surface area contributed by atoms with Gasteiger partial charge in [0.25, 0.3) is 0 Å². The van der Waals surface area contributed by atoms with Crippen LogP contribution in [-0.2, 0) is 25.6 Å². The third-order valence-electron chi connectivity index (χ3n) is 4.46. The van der Waals surface area contributed by atoms with Crippen LogP contribution in [0.3, 0.4) is 0 Å². The number of carboxylic acids is 4. The number of aliphatic carboxylic acids is 4. The van der Waals surface area contributed by atoms with Crippen molar-refractivity contribution in [2.24, 2.45) is 0 Å². The zero-order chi connectivity index (χ0) is 28.4. The lowest BCUT2D eigenvalue weighted by Gasteiger charge is -2.23. The highest BCUT2D eigenvalue weighted by atomic mass is 16.5. The van der Waals surface area contributed by atoms with Crippen molar-refractivity contribution in [3.8, 4) is 5.75 Å². The van der Waals surface area contributed by atoms with Gasteiger partial charge in [-0.05, 0) is 45.0 Å². The topological polar surface area (TPSA) is 174 Å². The fraction of sp³-hybridized carbons (Fsp3) is 0.385. The number of carboxylic acid groups (broad SMARTS) is 4. The van der Waals surface area contributed by atoms with Crippen molar-refractivity contribution in [1.29, 1.82) is 0 Å². The van der Waals surface area contributed by atoms with Gasteiger partial charge in [-0.2, -0.15) is 0 Å². The van der Waals surface area contributed by atoms with Crippen molar-refractivity contribution in [3.05, 3.63) is 65.7 Å². The molecule has 2 aromatic rings. The first-order chi connectivity index (χ1) is 17.2. The molecule has 0 saturated heterocycles. The minimum absolute atomic E-state index is 0.174. The summed E-state index contributed by atoms with van der Waals surface area (Å²) in [6, 6.07) is 18.9. The van der Waals surface area contributed by atoms with Crippen molar-refractivity contribution < 1.29 is 44.3 Å². The van der Waals surface area contributed by atoms with E-state index in [4.69, 9.17) is 44.3 Å². The molecule has 37 heavy (non-hydrogen) atoms. The molecule has 204 valence electrons. The van der Waals surface area contributed by atoms with E-state index in [1.165, 1.54) is 11.1 Å². The molecule has 0 spiro atoms. The number of benzene rings is 2. The van der Waals surface area contributed by atoms with Crippen LogP contribution in [-0.4, -0.2) is 88.0 Å². The molecule has 0 bridgehead atoms. The smallest absolute Gasteiger partial charge is 0.414 e. The molecule has 0 amide bonds. The van der Waals surface area contributed by atoms with Crippen LogP contribution in [0.25, 0.3) is 0 Å². The first-order valence-electron chi connectivity index (χ1n) is 11.3. The van der Waals surface area contributed by atoms with Crippen molar-refractivity contribution in [3.63, 3.8) is 0 Å². The number of hydrogen-bond donors (Lipinski definition) is 5. The van der Waals surface area contributed by atoms with Crippen LogP contribution in [0, 0.1) is 0 Å². The molecule has 0 aliphatic rings. The minimum Gasteiger partial charge on any atom is -0.492 e. The van der Waals surface area contributed by atoms with Gasteiger partial charge < -0.3 is 35.4 Å². The molecule has 0 atom stereocenters. The summed E-state index contributed by atoms with van der Waals surface area (Å²) in [7, 11) is 2.14. The van der Waals surface area contributed by atoms with Gasteiger partial charge in [-0.15, -0.1) is 0 Å². The molecule has 11 heteroatoms. The molecular formula is C26H36N2O9. The maximum atomic E-state index is 9.10. The summed E-state index contributed by atoms with van der Waals surface area (Å²) in [6.45, 7) is 10.2. The second kappa shape index (κ2) is 17.5. The number of nitrogens with one attached hydrogen (secondary N) is 1. The van der Waals surface area contributed by atoms with Crippen LogP contribution in [0.5, 0.6) is 5.75 Å². The second-order valence-corrected chi connectivity index (χ2v) is 8.82. The average molecular weight is 521 g/mol. The summed E-state index contributed by atoms with van der Waals surface area (Å²) in [6.07, 6.45) is 0.905.